The van der Waals surface area contributed by atoms with Crippen molar-refractivity contribution >= 4 is 5.97 Å². The molecule has 0 saturated heterocycles. The van der Waals surface area contributed by atoms with Gasteiger partial charge >= 0.3 is 5.97 Å². The molecule has 3 heteroatoms. The van der Waals surface area contributed by atoms with Gasteiger partial charge in [-0.2, -0.15) is 0 Å². The highest BCUT2D eigenvalue weighted by atomic mass is 16.5. The Morgan fingerprint density at radius 2 is 1.76 bits per heavy atom. The summed E-state index contributed by atoms with van der Waals surface area (Å²) in [5.41, 5.74) is 6.78. The summed E-state index contributed by atoms with van der Waals surface area (Å²) in [5, 5.41) is 0. The van der Waals surface area contributed by atoms with Gasteiger partial charge in [0.1, 0.15) is 11.8 Å². The Bertz CT molecular complexity index is 386. The zero-order valence-electron chi connectivity index (χ0n) is 10.9. The van der Waals surface area contributed by atoms with E-state index >= 15 is 0 Å². The lowest BCUT2D eigenvalue weighted by Gasteiger charge is -2.17. The molecule has 2 N–H and O–H groups in total. The van der Waals surface area contributed by atoms with E-state index in [1.165, 1.54) is 0 Å². The summed E-state index contributed by atoms with van der Waals surface area (Å²) in [7, 11) is 0. The number of nitrogens with two attached hydrogens (primary N) is 1. The Hall–Kier alpha value is -1.35. The molecule has 0 fully saturated rings. The molecule has 0 aliphatic rings. The van der Waals surface area contributed by atoms with Gasteiger partial charge in [0.25, 0.3) is 0 Å². The van der Waals surface area contributed by atoms with Crippen molar-refractivity contribution in [1.82, 2.24) is 0 Å². The number of ether oxygens (including phenoxy) is 1. The van der Waals surface area contributed by atoms with Crippen LogP contribution < -0.4 is 10.5 Å². The molecule has 0 radical (unpaired) electrons. The van der Waals surface area contributed by atoms with Crippen LogP contribution in [0.1, 0.15) is 39.2 Å². The summed E-state index contributed by atoms with van der Waals surface area (Å²) in [4.78, 5) is 11.8. The molecule has 0 saturated carbocycles. The minimum absolute atomic E-state index is 0.0775. The van der Waals surface area contributed by atoms with Crippen LogP contribution >= 0.6 is 0 Å². The summed E-state index contributed by atoms with van der Waals surface area (Å²) < 4.78 is 5.37. The van der Waals surface area contributed by atoms with Gasteiger partial charge in [-0.15, -0.1) is 0 Å². The molecule has 0 spiro atoms. The van der Waals surface area contributed by atoms with Crippen molar-refractivity contribution in [2.75, 3.05) is 0 Å². The molecule has 17 heavy (non-hydrogen) atoms. The van der Waals surface area contributed by atoms with Crippen molar-refractivity contribution in [3.8, 4) is 5.75 Å². The zero-order valence-corrected chi connectivity index (χ0v) is 10.9. The maximum absolute atomic E-state index is 11.8. The first kappa shape index (κ1) is 13.7. The lowest BCUT2D eigenvalue weighted by molar-refractivity contribution is -0.136. The molecule has 0 heterocycles. The molecule has 0 amide bonds. The lowest BCUT2D eigenvalue weighted by atomic mass is 10.0. The number of carbonyl (C=O) groups is 1. The summed E-state index contributed by atoms with van der Waals surface area (Å²) in [6.07, 6.45) is 0. The number of carbonyl (C=O) groups excluding carboxylic acids is 1. The van der Waals surface area contributed by atoms with Gasteiger partial charge in [0.15, 0.2) is 0 Å². The normalized spacial score (nSPS) is 12.9. The lowest BCUT2D eigenvalue weighted by Crippen LogP contribution is -2.38. The van der Waals surface area contributed by atoms with Gasteiger partial charge in [-0.25, -0.2) is 4.79 Å². The third-order valence-electron chi connectivity index (χ3n) is 2.74. The molecule has 0 bridgehead atoms. The molecule has 3 nitrogen and oxygen atoms in total. The largest absolute Gasteiger partial charge is 0.425 e. The van der Waals surface area contributed by atoms with Crippen LogP contribution in [-0.4, -0.2) is 12.0 Å². The van der Waals surface area contributed by atoms with Gasteiger partial charge in [0.05, 0.1) is 0 Å². The second kappa shape index (κ2) is 5.82. The number of hydrogen-bond acceptors (Lipinski definition) is 3. The van der Waals surface area contributed by atoms with Crippen LogP contribution in [0.2, 0.25) is 0 Å². The van der Waals surface area contributed by atoms with E-state index in [1.54, 1.807) is 6.07 Å². The van der Waals surface area contributed by atoms with E-state index in [-0.39, 0.29) is 11.9 Å². The monoisotopic (exact) mass is 235 g/mol. The van der Waals surface area contributed by atoms with Crippen LogP contribution in [0.5, 0.6) is 5.75 Å². The van der Waals surface area contributed by atoms with E-state index in [0.717, 1.165) is 5.56 Å². The third kappa shape index (κ3) is 3.56. The van der Waals surface area contributed by atoms with Gasteiger partial charge in [-0.3, -0.25) is 0 Å². The highest BCUT2D eigenvalue weighted by Crippen LogP contribution is 2.26. The highest BCUT2D eigenvalue weighted by Gasteiger charge is 2.20. The Morgan fingerprint density at radius 1 is 1.18 bits per heavy atom. The smallest absolute Gasteiger partial charge is 0.328 e. The fourth-order valence-electron chi connectivity index (χ4n) is 1.50. The number of esters is 1. The Labute approximate surface area is 103 Å². The minimum atomic E-state index is -0.574. The highest BCUT2D eigenvalue weighted by molar-refractivity contribution is 5.78. The predicted octanol–water partition coefficient (Wildman–Crippen LogP) is 2.70. The van der Waals surface area contributed by atoms with Crippen LogP contribution in [0.25, 0.3) is 0 Å². The van der Waals surface area contributed by atoms with Crippen LogP contribution in [0, 0.1) is 5.92 Å². The first-order valence-corrected chi connectivity index (χ1v) is 5.99. The van der Waals surface area contributed by atoms with E-state index in [4.69, 9.17) is 10.5 Å². The van der Waals surface area contributed by atoms with Crippen molar-refractivity contribution in [3.05, 3.63) is 29.8 Å². The molecule has 0 aliphatic heterocycles. The van der Waals surface area contributed by atoms with Crippen molar-refractivity contribution in [2.24, 2.45) is 11.7 Å². The van der Waals surface area contributed by atoms with Gasteiger partial charge in [0.2, 0.25) is 0 Å². The molecule has 0 aliphatic carbocycles. The quantitative estimate of drug-likeness (QED) is 0.645. The average Bonchev–Trinajstić information content (AvgIpc) is 2.28. The summed E-state index contributed by atoms with van der Waals surface area (Å²) in [6, 6.07) is 6.99. The van der Waals surface area contributed by atoms with Crippen LogP contribution in [0.4, 0.5) is 0 Å². The summed E-state index contributed by atoms with van der Waals surface area (Å²) in [5.74, 6) is 0.639. The fourth-order valence-corrected chi connectivity index (χ4v) is 1.50. The SMILES string of the molecule is CC(C)c1ccccc1OC(=O)C(N)C(C)C. The molecular formula is C14H21NO2. The topological polar surface area (TPSA) is 52.3 Å². The average molecular weight is 235 g/mol. The number of benzene rings is 1. The molecular weight excluding hydrogens is 214 g/mol. The Morgan fingerprint density at radius 3 is 2.29 bits per heavy atom. The van der Waals surface area contributed by atoms with Crippen LogP contribution in [0.15, 0.2) is 24.3 Å². The first-order valence-electron chi connectivity index (χ1n) is 5.99. The first-order chi connectivity index (χ1) is 7.93. The van der Waals surface area contributed by atoms with Gasteiger partial charge in [-0.05, 0) is 23.5 Å². The van der Waals surface area contributed by atoms with E-state index in [1.807, 2.05) is 32.0 Å². The van der Waals surface area contributed by atoms with Gasteiger partial charge < -0.3 is 10.5 Å². The van der Waals surface area contributed by atoms with Crippen LogP contribution in [-0.2, 0) is 4.79 Å². The minimum Gasteiger partial charge on any atom is -0.425 e. The second-order valence-corrected chi connectivity index (χ2v) is 4.88. The third-order valence-corrected chi connectivity index (χ3v) is 2.74. The van der Waals surface area contributed by atoms with E-state index in [0.29, 0.717) is 11.7 Å². The zero-order chi connectivity index (χ0) is 13.0. The van der Waals surface area contributed by atoms with E-state index < -0.39 is 6.04 Å². The van der Waals surface area contributed by atoms with Gasteiger partial charge in [-0.1, -0.05) is 45.9 Å². The summed E-state index contributed by atoms with van der Waals surface area (Å²) in [6.45, 7) is 7.94. The number of rotatable bonds is 4. The molecule has 1 unspecified atom stereocenters. The van der Waals surface area contributed by atoms with Gasteiger partial charge in [0, 0.05) is 0 Å². The molecule has 1 aromatic rings. The predicted molar refractivity (Wildman–Crippen MR) is 69.0 cm³/mol. The maximum atomic E-state index is 11.8. The fraction of sp³-hybridized carbons (Fsp3) is 0.500. The number of hydrogen-bond donors (Lipinski definition) is 1. The van der Waals surface area contributed by atoms with Crippen molar-refractivity contribution in [2.45, 2.75) is 39.7 Å². The Balaban J connectivity index is 2.85. The van der Waals surface area contributed by atoms with Crippen molar-refractivity contribution in [1.29, 1.82) is 0 Å². The van der Waals surface area contributed by atoms with E-state index in [9.17, 15) is 4.79 Å². The standard InChI is InChI=1S/C14H21NO2/c1-9(2)11-7-5-6-8-12(11)17-14(16)13(15)10(3)4/h5-10,13H,15H2,1-4H3. The summed E-state index contributed by atoms with van der Waals surface area (Å²) >= 11 is 0. The van der Waals surface area contributed by atoms with Crippen LogP contribution in [0.3, 0.4) is 0 Å². The molecule has 0 aromatic heterocycles. The molecule has 1 atom stereocenters. The molecule has 1 rings (SSSR count). The molecule has 1 aromatic carbocycles. The molecule has 94 valence electrons. The van der Waals surface area contributed by atoms with Crippen molar-refractivity contribution in [3.63, 3.8) is 0 Å². The Kier molecular flexibility index (Phi) is 4.70. The second-order valence-electron chi connectivity index (χ2n) is 4.88. The van der Waals surface area contributed by atoms with E-state index in [2.05, 4.69) is 13.8 Å². The number of para-hydroxylation sites is 1. The van der Waals surface area contributed by atoms with Crippen molar-refractivity contribution < 1.29 is 9.53 Å². The maximum Gasteiger partial charge on any atom is 0.328 e.